The van der Waals surface area contributed by atoms with Gasteiger partial charge in [0.15, 0.2) is 5.16 Å². The molecule has 4 rings (SSSR count). The van der Waals surface area contributed by atoms with Gasteiger partial charge in [0.05, 0.1) is 5.75 Å². The number of rotatable bonds is 6. The predicted octanol–water partition coefficient (Wildman–Crippen LogP) is 3.88. The normalized spacial score (nSPS) is 11.0. The number of hydrogen-bond donors (Lipinski definition) is 0. The van der Waals surface area contributed by atoms with Crippen LogP contribution in [-0.2, 0) is 19.2 Å². The maximum absolute atomic E-state index is 4.48. The third-order valence-electron chi connectivity index (χ3n) is 4.17. The molecule has 0 aliphatic rings. The first-order chi connectivity index (χ1) is 12.8. The smallest absolute Gasteiger partial charge is 0.196 e. The van der Waals surface area contributed by atoms with Gasteiger partial charge < -0.3 is 4.57 Å². The van der Waals surface area contributed by atoms with E-state index in [0.717, 1.165) is 34.7 Å². The Balaban J connectivity index is 1.66. The molecule has 6 heteroatoms. The van der Waals surface area contributed by atoms with Crippen LogP contribution >= 0.6 is 11.8 Å². The van der Waals surface area contributed by atoms with Crippen molar-refractivity contribution in [1.29, 1.82) is 0 Å². The first-order valence-electron chi connectivity index (χ1n) is 8.44. The van der Waals surface area contributed by atoms with E-state index in [0.29, 0.717) is 0 Å². The van der Waals surface area contributed by atoms with E-state index < -0.39 is 0 Å². The molecule has 0 atom stereocenters. The summed E-state index contributed by atoms with van der Waals surface area (Å²) in [5, 5.41) is 9.81. The highest BCUT2D eigenvalue weighted by Crippen LogP contribution is 2.25. The number of para-hydroxylation sites is 1. The molecular formula is C20H19N5S. The maximum Gasteiger partial charge on any atom is 0.196 e. The van der Waals surface area contributed by atoms with E-state index in [1.807, 2.05) is 48.3 Å². The van der Waals surface area contributed by atoms with Gasteiger partial charge in [-0.3, -0.25) is 4.57 Å². The summed E-state index contributed by atoms with van der Waals surface area (Å²) in [5.41, 5.74) is 2.29. The Labute approximate surface area is 156 Å². The second kappa shape index (κ2) is 7.58. The van der Waals surface area contributed by atoms with Crippen molar-refractivity contribution >= 4 is 11.8 Å². The van der Waals surface area contributed by atoms with Crippen LogP contribution in [0.2, 0.25) is 0 Å². The summed E-state index contributed by atoms with van der Waals surface area (Å²) in [4.78, 5) is 4.39. The summed E-state index contributed by atoms with van der Waals surface area (Å²) in [6, 6.07) is 20.6. The van der Waals surface area contributed by atoms with Crippen molar-refractivity contribution in [2.24, 2.45) is 7.05 Å². The molecule has 0 bridgehead atoms. The summed E-state index contributed by atoms with van der Waals surface area (Å²) in [5.74, 6) is 2.70. The number of thioether (sulfide) groups is 1. The standard InChI is InChI=1S/C20H19N5S/c1-24-13-12-21-19(24)15-26-20-23-22-18(14-16-8-4-2-5-9-16)25(20)17-10-6-3-7-11-17/h2-13H,14-15H2,1H3. The third-order valence-corrected chi connectivity index (χ3v) is 5.10. The molecule has 0 amide bonds. The molecule has 0 saturated heterocycles. The lowest BCUT2D eigenvalue weighted by molar-refractivity contribution is 0.832. The third kappa shape index (κ3) is 3.55. The molecule has 0 saturated carbocycles. The lowest BCUT2D eigenvalue weighted by Crippen LogP contribution is -2.04. The Bertz CT molecular complexity index is 976. The van der Waals surface area contributed by atoms with Crippen LogP contribution in [0.25, 0.3) is 5.69 Å². The second-order valence-corrected chi connectivity index (χ2v) is 6.92. The van der Waals surface area contributed by atoms with Gasteiger partial charge in [-0.2, -0.15) is 0 Å². The fraction of sp³-hybridized carbons (Fsp3) is 0.150. The number of imidazole rings is 1. The number of aromatic nitrogens is 5. The zero-order valence-electron chi connectivity index (χ0n) is 14.5. The fourth-order valence-electron chi connectivity index (χ4n) is 2.79. The molecule has 2 aromatic carbocycles. The lowest BCUT2D eigenvalue weighted by atomic mass is 10.1. The van der Waals surface area contributed by atoms with Gasteiger partial charge in [-0.1, -0.05) is 60.3 Å². The van der Waals surface area contributed by atoms with Crippen molar-refractivity contribution in [3.8, 4) is 5.69 Å². The summed E-state index contributed by atoms with van der Waals surface area (Å²) in [6.45, 7) is 0. The van der Waals surface area contributed by atoms with Crippen molar-refractivity contribution < 1.29 is 0 Å². The molecular weight excluding hydrogens is 342 g/mol. The largest absolute Gasteiger partial charge is 0.337 e. The molecule has 0 aliphatic carbocycles. The molecule has 0 spiro atoms. The molecule has 0 N–H and O–H groups in total. The van der Waals surface area contributed by atoms with Crippen molar-refractivity contribution in [3.63, 3.8) is 0 Å². The minimum atomic E-state index is 0.742. The molecule has 2 heterocycles. The van der Waals surface area contributed by atoms with Crippen LogP contribution in [0.4, 0.5) is 0 Å². The van der Waals surface area contributed by atoms with Crippen molar-refractivity contribution in [2.75, 3.05) is 0 Å². The summed E-state index contributed by atoms with van der Waals surface area (Å²) in [7, 11) is 2.01. The van der Waals surface area contributed by atoms with Crippen LogP contribution in [0.15, 0.2) is 78.2 Å². The molecule has 26 heavy (non-hydrogen) atoms. The Hall–Kier alpha value is -2.86. The van der Waals surface area contributed by atoms with Crippen LogP contribution in [0.1, 0.15) is 17.2 Å². The number of nitrogens with zero attached hydrogens (tertiary/aromatic N) is 5. The van der Waals surface area contributed by atoms with Gasteiger partial charge in [0, 0.05) is 31.5 Å². The second-order valence-electron chi connectivity index (χ2n) is 5.98. The van der Waals surface area contributed by atoms with Crippen molar-refractivity contribution in [1.82, 2.24) is 24.3 Å². The average molecular weight is 361 g/mol. The highest BCUT2D eigenvalue weighted by Gasteiger charge is 2.15. The number of hydrogen-bond acceptors (Lipinski definition) is 4. The van der Waals surface area contributed by atoms with E-state index >= 15 is 0 Å². The van der Waals surface area contributed by atoms with E-state index in [1.165, 1.54) is 5.56 Å². The minimum absolute atomic E-state index is 0.742. The van der Waals surface area contributed by atoms with E-state index in [4.69, 9.17) is 0 Å². The van der Waals surface area contributed by atoms with Crippen LogP contribution in [0, 0.1) is 0 Å². The van der Waals surface area contributed by atoms with Gasteiger partial charge in [0.25, 0.3) is 0 Å². The van der Waals surface area contributed by atoms with Gasteiger partial charge >= 0.3 is 0 Å². The molecule has 5 nitrogen and oxygen atoms in total. The molecule has 0 aliphatic heterocycles. The Morgan fingerprint density at radius 1 is 0.885 bits per heavy atom. The zero-order chi connectivity index (χ0) is 17.8. The molecule has 0 radical (unpaired) electrons. The van der Waals surface area contributed by atoms with Crippen LogP contribution in [-0.4, -0.2) is 24.3 Å². The maximum atomic E-state index is 4.48. The van der Waals surface area contributed by atoms with Gasteiger partial charge in [0.1, 0.15) is 11.6 Å². The van der Waals surface area contributed by atoms with Crippen molar-refractivity contribution in [2.45, 2.75) is 17.3 Å². The SMILES string of the molecule is Cn1ccnc1CSc1nnc(Cc2ccccc2)n1-c1ccccc1. The summed E-state index contributed by atoms with van der Waals surface area (Å²) < 4.78 is 4.17. The van der Waals surface area contributed by atoms with Crippen LogP contribution in [0.3, 0.4) is 0 Å². The fourth-order valence-corrected chi connectivity index (χ4v) is 3.76. The molecule has 130 valence electrons. The first kappa shape index (κ1) is 16.6. The average Bonchev–Trinajstić information content (AvgIpc) is 3.27. The van der Waals surface area contributed by atoms with Crippen molar-refractivity contribution in [3.05, 3.63) is 90.3 Å². The Kier molecular flexibility index (Phi) is 4.84. The van der Waals surface area contributed by atoms with Gasteiger partial charge in [-0.15, -0.1) is 10.2 Å². The topological polar surface area (TPSA) is 48.5 Å². The summed E-state index contributed by atoms with van der Waals surface area (Å²) >= 11 is 1.65. The first-order valence-corrected chi connectivity index (χ1v) is 9.42. The summed E-state index contributed by atoms with van der Waals surface area (Å²) in [6.07, 6.45) is 4.52. The van der Waals surface area contributed by atoms with E-state index in [2.05, 4.69) is 56.1 Å². The lowest BCUT2D eigenvalue weighted by Gasteiger charge is -2.10. The van der Waals surface area contributed by atoms with Gasteiger partial charge in [-0.05, 0) is 17.7 Å². The molecule has 4 aromatic rings. The minimum Gasteiger partial charge on any atom is -0.337 e. The van der Waals surface area contributed by atoms with E-state index in [-0.39, 0.29) is 0 Å². The Morgan fingerprint density at radius 3 is 2.31 bits per heavy atom. The van der Waals surface area contributed by atoms with Gasteiger partial charge in [0.2, 0.25) is 0 Å². The van der Waals surface area contributed by atoms with Crippen LogP contribution in [0.5, 0.6) is 0 Å². The number of benzene rings is 2. The van der Waals surface area contributed by atoms with E-state index in [1.54, 1.807) is 11.8 Å². The molecule has 0 fully saturated rings. The van der Waals surface area contributed by atoms with Gasteiger partial charge in [-0.25, -0.2) is 4.98 Å². The Morgan fingerprint density at radius 2 is 1.62 bits per heavy atom. The monoisotopic (exact) mass is 361 g/mol. The van der Waals surface area contributed by atoms with Crippen LogP contribution < -0.4 is 0 Å². The number of aryl methyl sites for hydroxylation is 1. The highest BCUT2D eigenvalue weighted by atomic mass is 32.2. The predicted molar refractivity (Wildman–Crippen MR) is 103 cm³/mol. The molecule has 0 unspecified atom stereocenters. The van der Waals surface area contributed by atoms with E-state index in [9.17, 15) is 0 Å². The highest BCUT2D eigenvalue weighted by molar-refractivity contribution is 7.98. The zero-order valence-corrected chi connectivity index (χ0v) is 15.3. The molecule has 2 aromatic heterocycles. The quantitative estimate of drug-likeness (QED) is 0.489.